The zero-order chi connectivity index (χ0) is 26.3. The summed E-state index contributed by atoms with van der Waals surface area (Å²) in [7, 11) is 4.48. The van der Waals surface area contributed by atoms with Crippen LogP contribution in [0.5, 0.6) is 11.5 Å². The van der Waals surface area contributed by atoms with E-state index in [1.807, 2.05) is 11.1 Å². The van der Waals surface area contributed by atoms with Gasteiger partial charge in [-0.1, -0.05) is 0 Å². The molecular weight excluding hydrogens is 505 g/mol. The molecule has 37 heavy (non-hydrogen) atoms. The molecule has 0 spiro atoms. The highest BCUT2D eigenvalue weighted by atomic mass is 31.1. The lowest BCUT2D eigenvalue weighted by atomic mass is 10.0. The maximum Gasteiger partial charge on any atom is 0.329 e. The van der Waals surface area contributed by atoms with Crippen molar-refractivity contribution in [2.45, 2.75) is 13.0 Å². The van der Waals surface area contributed by atoms with Crippen LogP contribution < -0.4 is 19.3 Å². The number of pyridine rings is 1. The number of hydrogen-bond donors (Lipinski definition) is 0. The van der Waals surface area contributed by atoms with Gasteiger partial charge in [0.25, 0.3) is 0 Å². The van der Waals surface area contributed by atoms with Gasteiger partial charge in [0.05, 0.1) is 50.7 Å². The summed E-state index contributed by atoms with van der Waals surface area (Å²) in [6, 6.07) is 0.533. The number of hydrogen-bond acceptors (Lipinski definition) is 7. The molecule has 0 saturated carbocycles. The molecule has 198 valence electrons. The molecule has 2 amide bonds. The Morgan fingerprint density at radius 1 is 1.11 bits per heavy atom. The number of methoxy groups -OCH3 is 2. The van der Waals surface area contributed by atoms with Gasteiger partial charge in [-0.3, -0.25) is 14.7 Å². The predicted molar refractivity (Wildman–Crippen MR) is 138 cm³/mol. The van der Waals surface area contributed by atoms with E-state index >= 15 is 8.78 Å². The molecule has 1 saturated heterocycles. The van der Waals surface area contributed by atoms with E-state index in [9.17, 15) is 4.79 Å². The van der Waals surface area contributed by atoms with Crippen molar-refractivity contribution in [3.63, 3.8) is 0 Å². The molecule has 0 N–H and O–H groups in total. The Balaban J connectivity index is 1.58. The third-order valence-electron chi connectivity index (χ3n) is 6.80. The van der Waals surface area contributed by atoms with E-state index in [0.717, 1.165) is 41.7 Å². The molecule has 5 rings (SSSR count). The zero-order valence-corrected chi connectivity index (χ0v) is 22.2. The minimum atomic E-state index is -0.980. The van der Waals surface area contributed by atoms with E-state index < -0.39 is 23.4 Å². The molecule has 0 bridgehead atoms. The predicted octanol–water partition coefficient (Wildman–Crippen LogP) is 3.25. The first-order valence-electron chi connectivity index (χ1n) is 11.9. The van der Waals surface area contributed by atoms with Crippen LogP contribution in [0.15, 0.2) is 12.3 Å². The van der Waals surface area contributed by atoms with Gasteiger partial charge in [-0.05, 0) is 6.66 Å². The SMILES string of the molecule is COc1cc(OC)c(F)c(N2Cc3cnc4c(c(CCN5CCOCC5)nn4PC)c3N(C)C2=O)c1F. The van der Waals surface area contributed by atoms with Crippen molar-refractivity contribution in [2.24, 2.45) is 0 Å². The van der Waals surface area contributed by atoms with Crippen LogP contribution in [0, 0.1) is 11.6 Å². The van der Waals surface area contributed by atoms with Crippen LogP contribution in [0.1, 0.15) is 11.3 Å². The number of carbonyl (C=O) groups is 1. The molecule has 2 aliphatic heterocycles. The average Bonchev–Trinajstić information content (AvgIpc) is 3.28. The largest absolute Gasteiger partial charge is 0.493 e. The van der Waals surface area contributed by atoms with Gasteiger partial charge in [0.2, 0.25) is 0 Å². The summed E-state index contributed by atoms with van der Waals surface area (Å²) in [5.41, 5.74) is 2.31. The summed E-state index contributed by atoms with van der Waals surface area (Å²) in [6.07, 6.45) is 2.32. The smallest absolute Gasteiger partial charge is 0.329 e. The maximum atomic E-state index is 15.3. The van der Waals surface area contributed by atoms with Gasteiger partial charge in [0.1, 0.15) is 5.69 Å². The number of morpholine rings is 1. The fraction of sp³-hybridized carbons (Fsp3) is 0.458. The zero-order valence-electron chi connectivity index (χ0n) is 21.2. The van der Waals surface area contributed by atoms with Gasteiger partial charge in [0.15, 0.2) is 28.8 Å². The number of aromatic nitrogens is 3. The molecule has 13 heteroatoms. The molecule has 2 aromatic heterocycles. The van der Waals surface area contributed by atoms with Crippen LogP contribution in [0.4, 0.5) is 25.0 Å². The standard InChI is InChI=1S/C24H29F2N6O4P/c1-29-21-14(13-31(24(29)33)22-19(25)16(34-2)11-17(35-3)20(22)26)12-27-23-18(21)15(28-32(23)37-4)5-6-30-7-9-36-10-8-30/h11-12,37H,5-10,13H2,1-4H3. The molecule has 0 radical (unpaired) electrons. The Labute approximate surface area is 214 Å². The number of amides is 2. The first kappa shape index (κ1) is 25.6. The third kappa shape index (κ3) is 4.36. The lowest BCUT2D eigenvalue weighted by Gasteiger charge is -2.35. The van der Waals surface area contributed by atoms with Crippen molar-refractivity contribution in [3.05, 3.63) is 35.2 Å². The average molecular weight is 535 g/mol. The van der Waals surface area contributed by atoms with Crippen LogP contribution in [-0.2, 0) is 17.7 Å². The Bertz CT molecular complexity index is 1320. The van der Waals surface area contributed by atoms with E-state index in [4.69, 9.17) is 19.3 Å². The molecule has 1 unspecified atom stereocenters. The van der Waals surface area contributed by atoms with Crippen molar-refractivity contribution < 1.29 is 27.8 Å². The molecule has 2 aliphatic rings. The molecule has 10 nitrogen and oxygen atoms in total. The van der Waals surface area contributed by atoms with E-state index in [-0.39, 0.29) is 18.0 Å². The van der Waals surface area contributed by atoms with E-state index in [2.05, 4.69) is 9.88 Å². The van der Waals surface area contributed by atoms with Crippen molar-refractivity contribution in [3.8, 4) is 11.5 Å². The number of nitrogens with zero attached hydrogens (tertiary/aromatic N) is 6. The normalized spacial score (nSPS) is 16.8. The first-order valence-corrected chi connectivity index (χ1v) is 13.4. The number of rotatable bonds is 7. The number of anilines is 2. The summed E-state index contributed by atoms with van der Waals surface area (Å²) >= 11 is 0. The summed E-state index contributed by atoms with van der Waals surface area (Å²) in [6.45, 7) is 5.87. The number of urea groups is 1. The summed E-state index contributed by atoms with van der Waals surface area (Å²) < 4.78 is 48.0. The fourth-order valence-corrected chi connectivity index (χ4v) is 5.50. The van der Waals surface area contributed by atoms with Gasteiger partial charge in [-0.2, -0.15) is 5.10 Å². The van der Waals surface area contributed by atoms with Crippen molar-refractivity contribution >= 4 is 37.2 Å². The van der Waals surface area contributed by atoms with Gasteiger partial charge in [0, 0.05) is 59.7 Å². The number of fused-ring (bicyclic) bond motifs is 3. The van der Waals surface area contributed by atoms with Crippen molar-refractivity contribution in [1.29, 1.82) is 0 Å². The number of halogens is 2. The minimum Gasteiger partial charge on any atom is -0.493 e. The maximum absolute atomic E-state index is 15.3. The van der Waals surface area contributed by atoms with Crippen LogP contribution >= 0.6 is 8.73 Å². The lowest BCUT2D eigenvalue weighted by molar-refractivity contribution is 0.0384. The first-order chi connectivity index (χ1) is 17.9. The quantitative estimate of drug-likeness (QED) is 0.431. The minimum absolute atomic E-state index is 0.0753. The molecule has 1 aromatic carbocycles. The lowest BCUT2D eigenvalue weighted by Crippen LogP contribution is -2.46. The molecule has 0 aliphatic carbocycles. The Morgan fingerprint density at radius 2 is 1.78 bits per heavy atom. The molecular formula is C24H29F2N6O4P. The fourth-order valence-electron chi connectivity index (χ4n) is 4.89. The summed E-state index contributed by atoms with van der Waals surface area (Å²) in [4.78, 5) is 23.0. The second-order valence-electron chi connectivity index (χ2n) is 8.80. The van der Waals surface area contributed by atoms with E-state index in [1.165, 1.54) is 19.1 Å². The highest BCUT2D eigenvalue weighted by molar-refractivity contribution is 7.35. The summed E-state index contributed by atoms with van der Waals surface area (Å²) in [5.74, 6) is -2.41. The van der Waals surface area contributed by atoms with Crippen LogP contribution in [0.2, 0.25) is 0 Å². The molecule has 1 atom stereocenters. The van der Waals surface area contributed by atoms with Gasteiger partial charge in [-0.25, -0.2) is 23.0 Å². The van der Waals surface area contributed by atoms with Crippen molar-refractivity contribution in [1.82, 2.24) is 19.4 Å². The second-order valence-corrected chi connectivity index (χ2v) is 9.67. The van der Waals surface area contributed by atoms with Gasteiger partial charge < -0.3 is 14.2 Å². The van der Waals surface area contributed by atoms with Crippen LogP contribution in [0.25, 0.3) is 11.0 Å². The number of ether oxygens (including phenoxy) is 3. The van der Waals surface area contributed by atoms with Gasteiger partial charge >= 0.3 is 6.03 Å². The Hall–Kier alpha value is -3.08. The third-order valence-corrected chi connectivity index (χ3v) is 7.54. The number of benzene rings is 1. The summed E-state index contributed by atoms with van der Waals surface area (Å²) in [5, 5.41) is 5.61. The highest BCUT2D eigenvalue weighted by Gasteiger charge is 2.37. The van der Waals surface area contributed by atoms with Crippen molar-refractivity contribution in [2.75, 3.05) is 70.6 Å². The Kier molecular flexibility index (Phi) is 7.15. The van der Waals surface area contributed by atoms with Crippen LogP contribution in [0.3, 0.4) is 0 Å². The van der Waals surface area contributed by atoms with E-state index in [1.54, 1.807) is 13.2 Å². The van der Waals surface area contributed by atoms with Crippen LogP contribution in [-0.4, -0.2) is 86.2 Å². The molecule has 4 heterocycles. The highest BCUT2D eigenvalue weighted by Crippen LogP contribution is 2.43. The van der Waals surface area contributed by atoms with E-state index in [0.29, 0.717) is 45.3 Å². The molecule has 1 fully saturated rings. The number of carbonyl (C=O) groups excluding carboxylic acids is 1. The second kappa shape index (κ2) is 10.4. The molecule has 3 aromatic rings. The monoisotopic (exact) mass is 534 g/mol. The topological polar surface area (TPSA) is 85.2 Å². The van der Waals surface area contributed by atoms with Gasteiger partial charge in [-0.15, -0.1) is 0 Å². The Morgan fingerprint density at radius 3 is 2.41 bits per heavy atom.